The number of hydrogen-bond acceptors (Lipinski definition) is 15. The predicted molar refractivity (Wildman–Crippen MR) is 179 cm³/mol. The van der Waals surface area contributed by atoms with Gasteiger partial charge in [-0.25, -0.2) is 9.78 Å². The zero-order chi connectivity index (χ0) is 36.8. The first-order chi connectivity index (χ1) is 23.6. The van der Waals surface area contributed by atoms with Gasteiger partial charge in [0.15, 0.2) is 10.8 Å². The van der Waals surface area contributed by atoms with Gasteiger partial charge in [0.1, 0.15) is 24.1 Å². The second-order valence-electron chi connectivity index (χ2n) is 11.4. The molecule has 272 valence electrons. The third kappa shape index (κ3) is 8.83. The highest BCUT2D eigenvalue weighted by Crippen LogP contribution is 2.33. The number of hydroxylamine groups is 2. The Balaban J connectivity index is 1.48. The van der Waals surface area contributed by atoms with E-state index in [4.69, 9.17) is 31.3 Å². The molecule has 20 nitrogen and oxygen atoms in total. The average Bonchev–Trinajstić information content (AvgIpc) is 3.63. The van der Waals surface area contributed by atoms with Crippen LogP contribution in [0.3, 0.4) is 0 Å². The Morgan fingerprint density at radius 1 is 1.20 bits per heavy atom. The molecule has 2 aromatic heterocycles. The standard InChI is InChI=1S/C28H38N10O10S2/c1-28(2)22(24(40)38(28)48-50(43,44)45)34-23(39)21(18-15-49-26(31)33-18)35-47-20(25(41)42)14-46-17-7-5-16(6-8-17)19-13-37(12-4-9-29)27(36(19)3)32-11-10-30/h5-8,13,15,20,22H,4,9-12,14,29-30H2,1-3H3,(H2,31,33)(H,34,39)(H,41,42)(H,43,44,45)/b32-27+,35-21-. The van der Waals surface area contributed by atoms with Crippen molar-refractivity contribution < 1.29 is 46.3 Å². The van der Waals surface area contributed by atoms with Crippen LogP contribution in [0.25, 0.3) is 11.3 Å². The summed E-state index contributed by atoms with van der Waals surface area (Å²) in [6.07, 6.45) is 1.02. The van der Waals surface area contributed by atoms with Gasteiger partial charge in [0.25, 0.3) is 17.9 Å². The summed E-state index contributed by atoms with van der Waals surface area (Å²) < 4.78 is 45.1. The van der Waals surface area contributed by atoms with Crippen LogP contribution in [0.4, 0.5) is 5.13 Å². The molecule has 1 fully saturated rings. The first-order valence-corrected chi connectivity index (χ1v) is 17.2. The molecule has 1 aromatic carbocycles. The number of carbonyl (C=O) groups is 3. The molecule has 50 heavy (non-hydrogen) atoms. The summed E-state index contributed by atoms with van der Waals surface area (Å²) in [6.45, 7) is 4.26. The van der Waals surface area contributed by atoms with Crippen LogP contribution < -0.4 is 32.9 Å². The summed E-state index contributed by atoms with van der Waals surface area (Å²) in [5, 5.41) is 17.7. The van der Waals surface area contributed by atoms with Crippen LogP contribution in [0.15, 0.2) is 46.0 Å². The molecule has 2 atom stereocenters. The van der Waals surface area contributed by atoms with Crippen molar-refractivity contribution in [3.63, 3.8) is 0 Å². The third-order valence-corrected chi connectivity index (χ3v) is 8.39. The maximum atomic E-state index is 13.3. The van der Waals surface area contributed by atoms with Crippen molar-refractivity contribution in [3.05, 3.63) is 47.2 Å². The molecule has 0 saturated carbocycles. The number of thiazole rings is 1. The number of oxime groups is 1. The lowest BCUT2D eigenvalue weighted by Crippen LogP contribution is -2.76. The number of nitrogens with one attached hydrogen (secondary N) is 1. The maximum absolute atomic E-state index is 13.3. The Morgan fingerprint density at radius 3 is 2.46 bits per heavy atom. The fourth-order valence-corrected chi connectivity index (χ4v) is 5.83. The van der Waals surface area contributed by atoms with Gasteiger partial charge in [0.2, 0.25) is 5.62 Å². The van der Waals surface area contributed by atoms with Crippen LogP contribution in [-0.4, -0.2) is 105 Å². The molecule has 0 aliphatic carbocycles. The molecule has 3 heterocycles. The number of rotatable bonds is 17. The van der Waals surface area contributed by atoms with E-state index in [9.17, 15) is 27.9 Å². The molecule has 0 spiro atoms. The summed E-state index contributed by atoms with van der Waals surface area (Å²) in [5.74, 6) is -3.17. The van der Waals surface area contributed by atoms with Crippen molar-refractivity contribution in [3.8, 4) is 17.0 Å². The Bertz CT molecular complexity index is 1920. The van der Waals surface area contributed by atoms with Crippen molar-refractivity contribution in [1.29, 1.82) is 0 Å². The van der Waals surface area contributed by atoms with Crippen LogP contribution in [0.2, 0.25) is 0 Å². The molecule has 2 amide bonds. The van der Waals surface area contributed by atoms with Crippen LogP contribution in [0.1, 0.15) is 26.0 Å². The minimum atomic E-state index is -5.03. The normalized spacial score (nSPS) is 17.0. The molecule has 1 saturated heterocycles. The lowest BCUT2D eigenvalue weighted by molar-refractivity contribution is -0.218. The topological polar surface area (TPSA) is 294 Å². The van der Waals surface area contributed by atoms with Crippen molar-refractivity contribution in [2.75, 3.05) is 32.0 Å². The van der Waals surface area contributed by atoms with E-state index >= 15 is 0 Å². The second-order valence-corrected chi connectivity index (χ2v) is 13.2. The number of nitrogen functional groups attached to an aromatic ring is 1. The van der Waals surface area contributed by atoms with E-state index in [-0.39, 0.29) is 10.8 Å². The number of β-lactam (4-membered cyclic amide) rings is 1. The molecule has 1 aliphatic rings. The summed E-state index contributed by atoms with van der Waals surface area (Å²) >= 11 is 0.954. The van der Waals surface area contributed by atoms with E-state index in [0.29, 0.717) is 37.0 Å². The van der Waals surface area contributed by atoms with Crippen molar-refractivity contribution in [2.24, 2.45) is 28.7 Å². The van der Waals surface area contributed by atoms with Crippen LogP contribution in [0.5, 0.6) is 5.75 Å². The number of benzene rings is 1. The monoisotopic (exact) mass is 738 g/mol. The number of carboxylic acid groups (broad SMARTS) is 1. The summed E-state index contributed by atoms with van der Waals surface area (Å²) in [7, 11) is -3.14. The number of nitrogens with two attached hydrogens (primary N) is 3. The second kappa shape index (κ2) is 15.8. The van der Waals surface area contributed by atoms with Crippen LogP contribution in [-0.2, 0) is 47.5 Å². The van der Waals surface area contributed by atoms with E-state index in [1.807, 2.05) is 22.4 Å². The van der Waals surface area contributed by atoms with E-state index in [1.54, 1.807) is 24.3 Å². The number of carboxylic acids is 1. The number of carbonyl (C=O) groups excluding carboxylic acids is 2. The number of anilines is 1. The minimum Gasteiger partial charge on any atom is -0.489 e. The summed E-state index contributed by atoms with van der Waals surface area (Å²) in [5.41, 5.74) is 17.4. The zero-order valence-electron chi connectivity index (χ0n) is 27.3. The van der Waals surface area contributed by atoms with Gasteiger partial charge in [-0.05, 0) is 56.6 Å². The Kier molecular flexibility index (Phi) is 12.0. The van der Waals surface area contributed by atoms with Gasteiger partial charge in [0.05, 0.1) is 17.8 Å². The van der Waals surface area contributed by atoms with Crippen molar-refractivity contribution in [1.82, 2.24) is 24.5 Å². The highest BCUT2D eigenvalue weighted by Gasteiger charge is 2.58. The predicted octanol–water partition coefficient (Wildman–Crippen LogP) is -1.17. The molecule has 3 aromatic rings. The molecular weight excluding hydrogens is 701 g/mol. The van der Waals surface area contributed by atoms with Crippen LogP contribution >= 0.6 is 11.3 Å². The van der Waals surface area contributed by atoms with Gasteiger partial charge in [-0.15, -0.1) is 15.6 Å². The molecule has 4 rings (SSSR count). The number of ether oxygens (including phenoxy) is 1. The average molecular weight is 739 g/mol. The first-order valence-electron chi connectivity index (χ1n) is 15.0. The van der Waals surface area contributed by atoms with E-state index < -0.39 is 58.2 Å². The zero-order valence-corrected chi connectivity index (χ0v) is 28.9. The van der Waals surface area contributed by atoms with Gasteiger partial charge in [-0.3, -0.25) is 19.1 Å². The fraction of sp³-hybridized carbons (Fsp3) is 0.429. The largest absolute Gasteiger partial charge is 0.489 e. The van der Waals surface area contributed by atoms with E-state index in [2.05, 4.69) is 24.7 Å². The van der Waals surface area contributed by atoms with Crippen molar-refractivity contribution >= 4 is 50.4 Å². The van der Waals surface area contributed by atoms with Gasteiger partial charge in [-0.2, -0.15) is 13.5 Å². The number of aryl methyl sites for hydroxylation is 1. The first kappa shape index (κ1) is 37.9. The summed E-state index contributed by atoms with van der Waals surface area (Å²) in [6, 6.07) is 5.54. The number of imidazole rings is 1. The lowest BCUT2D eigenvalue weighted by atomic mass is 9.84. The van der Waals surface area contributed by atoms with Gasteiger partial charge in [-0.1, -0.05) is 5.16 Å². The number of aliphatic carboxylic acids is 1. The van der Waals surface area contributed by atoms with Gasteiger partial charge >= 0.3 is 16.4 Å². The molecule has 9 N–H and O–H groups in total. The number of nitrogens with zero attached hydrogens (tertiary/aromatic N) is 6. The molecular formula is C28H38N10O10S2. The van der Waals surface area contributed by atoms with Crippen LogP contribution in [0, 0.1) is 0 Å². The smallest absolute Gasteiger partial charge is 0.418 e. The van der Waals surface area contributed by atoms with E-state index in [0.717, 1.165) is 34.6 Å². The molecule has 22 heteroatoms. The number of amides is 2. The van der Waals surface area contributed by atoms with Gasteiger partial charge < -0.3 is 46.3 Å². The molecule has 0 radical (unpaired) electrons. The molecule has 2 unspecified atom stereocenters. The quantitative estimate of drug-likeness (QED) is 0.0412. The minimum absolute atomic E-state index is 0.0525. The number of aromatic nitrogens is 3. The lowest BCUT2D eigenvalue weighted by Gasteiger charge is -2.50. The highest BCUT2D eigenvalue weighted by atomic mass is 32.3. The number of hydrogen-bond donors (Lipinski definition) is 6. The van der Waals surface area contributed by atoms with E-state index in [1.165, 1.54) is 19.2 Å². The Hall–Kier alpha value is -4.87. The maximum Gasteiger partial charge on any atom is 0.418 e. The Labute approximate surface area is 290 Å². The SMILES string of the molecule is Cn1c(-c2ccc(OCC(O/N=C(\C(=O)NC3C(=O)N(OS(=O)(=O)O)C3(C)C)c3csc(N)n3)C(=O)O)cc2)cn(CCCN)/c1=N/CCN. The van der Waals surface area contributed by atoms with Crippen molar-refractivity contribution in [2.45, 2.75) is 44.5 Å². The fourth-order valence-electron chi connectivity index (χ4n) is 4.83. The Morgan fingerprint density at radius 2 is 1.90 bits per heavy atom. The van der Waals surface area contributed by atoms with Gasteiger partial charge in [0, 0.05) is 31.7 Å². The molecule has 1 aliphatic heterocycles. The highest BCUT2D eigenvalue weighted by molar-refractivity contribution is 7.80. The molecule has 0 bridgehead atoms. The summed E-state index contributed by atoms with van der Waals surface area (Å²) in [4.78, 5) is 51.6. The third-order valence-electron chi connectivity index (χ3n) is 7.38.